The first-order chi connectivity index (χ1) is 8.99. The molecule has 1 nitrogen and oxygen atoms in total. The van der Waals surface area contributed by atoms with Crippen LogP contribution in [0.15, 0.2) is 23.8 Å². The normalized spacial score (nSPS) is 15.7. The quantitative estimate of drug-likeness (QED) is 0.278. The van der Waals surface area contributed by atoms with Crippen molar-refractivity contribution in [3.05, 3.63) is 23.8 Å². The zero-order valence-corrected chi connectivity index (χ0v) is 13.7. The Kier molecular flexibility index (Phi) is 10.9. The van der Waals surface area contributed by atoms with Crippen LogP contribution in [0.4, 0.5) is 0 Å². The van der Waals surface area contributed by atoms with Gasteiger partial charge in [-0.3, -0.25) is 4.79 Å². The van der Waals surface area contributed by atoms with Gasteiger partial charge in [-0.1, -0.05) is 65.0 Å². The van der Waals surface area contributed by atoms with Gasteiger partial charge in [-0.15, -0.1) is 0 Å². The molecule has 0 aliphatic heterocycles. The second kappa shape index (κ2) is 11.3. The summed E-state index contributed by atoms with van der Waals surface area (Å²) >= 11 is 5.30. The van der Waals surface area contributed by atoms with Crippen molar-refractivity contribution >= 4 is 16.8 Å². The smallest absolute Gasteiger partial charge is 0.245 e. The van der Waals surface area contributed by atoms with Crippen LogP contribution in [0.5, 0.6) is 0 Å². The van der Waals surface area contributed by atoms with Gasteiger partial charge in [0.15, 0.2) is 0 Å². The van der Waals surface area contributed by atoms with E-state index in [1.54, 1.807) is 0 Å². The zero-order chi connectivity index (χ0) is 14.7. The van der Waals surface area contributed by atoms with Crippen LogP contribution in [0.3, 0.4) is 0 Å². The average molecular weight is 285 g/mol. The molecule has 0 fully saturated rings. The van der Waals surface area contributed by atoms with Gasteiger partial charge in [0.1, 0.15) is 0 Å². The number of carbonyl (C=O) groups excluding carboxylic acids is 1. The van der Waals surface area contributed by atoms with Gasteiger partial charge in [0.2, 0.25) is 5.24 Å². The van der Waals surface area contributed by atoms with E-state index in [1.807, 2.05) is 13.0 Å². The highest BCUT2D eigenvalue weighted by Gasteiger charge is 2.05. The number of halogens is 1. The predicted octanol–water partition coefficient (Wildman–Crippen LogP) is 5.89. The molecule has 110 valence electrons. The third-order valence-corrected chi connectivity index (χ3v) is 3.88. The molecule has 0 aromatic heterocycles. The lowest BCUT2D eigenvalue weighted by Crippen LogP contribution is -1.99. The third kappa shape index (κ3) is 11.0. The van der Waals surface area contributed by atoms with Crippen molar-refractivity contribution in [3.63, 3.8) is 0 Å². The minimum Gasteiger partial charge on any atom is -0.276 e. The SMILES string of the molecule is CCC(C)CCCC(CC)C/C=C/C(C)=C/C(=O)Cl. The van der Waals surface area contributed by atoms with Crippen LogP contribution in [-0.2, 0) is 4.79 Å². The van der Waals surface area contributed by atoms with Crippen molar-refractivity contribution in [1.29, 1.82) is 0 Å². The maximum Gasteiger partial charge on any atom is 0.245 e. The molecule has 0 spiro atoms. The van der Waals surface area contributed by atoms with Crippen molar-refractivity contribution in [1.82, 2.24) is 0 Å². The monoisotopic (exact) mass is 284 g/mol. The molecule has 2 atom stereocenters. The van der Waals surface area contributed by atoms with Crippen molar-refractivity contribution in [3.8, 4) is 0 Å². The molecule has 0 heterocycles. The van der Waals surface area contributed by atoms with Crippen molar-refractivity contribution < 1.29 is 4.79 Å². The Morgan fingerprint density at radius 1 is 1.21 bits per heavy atom. The minimum atomic E-state index is -0.400. The Balaban J connectivity index is 3.99. The molecule has 0 aliphatic carbocycles. The van der Waals surface area contributed by atoms with Crippen LogP contribution in [-0.4, -0.2) is 5.24 Å². The Hall–Kier alpha value is -0.560. The average Bonchev–Trinajstić information content (AvgIpc) is 2.35. The van der Waals surface area contributed by atoms with Crippen LogP contribution >= 0.6 is 11.6 Å². The molecular weight excluding hydrogens is 256 g/mol. The fraction of sp³-hybridized carbons (Fsp3) is 0.706. The highest BCUT2D eigenvalue weighted by molar-refractivity contribution is 6.66. The molecule has 0 rings (SSSR count). The van der Waals surface area contributed by atoms with Crippen LogP contribution in [0, 0.1) is 11.8 Å². The summed E-state index contributed by atoms with van der Waals surface area (Å²) in [4.78, 5) is 10.7. The second-order valence-electron chi connectivity index (χ2n) is 5.55. The Morgan fingerprint density at radius 2 is 1.89 bits per heavy atom. The van der Waals surface area contributed by atoms with Gasteiger partial charge in [0.05, 0.1) is 0 Å². The Bertz CT molecular complexity index is 304. The lowest BCUT2D eigenvalue weighted by Gasteiger charge is -2.14. The summed E-state index contributed by atoms with van der Waals surface area (Å²) in [6, 6.07) is 0. The highest BCUT2D eigenvalue weighted by Crippen LogP contribution is 2.20. The van der Waals surface area contributed by atoms with Crippen LogP contribution < -0.4 is 0 Å². The molecule has 0 saturated heterocycles. The zero-order valence-electron chi connectivity index (χ0n) is 12.9. The molecule has 0 N–H and O–H groups in total. The van der Waals surface area contributed by atoms with E-state index in [4.69, 9.17) is 11.6 Å². The first kappa shape index (κ1) is 18.4. The van der Waals surface area contributed by atoms with Gasteiger partial charge in [0.25, 0.3) is 0 Å². The summed E-state index contributed by atoms with van der Waals surface area (Å²) in [5.41, 5.74) is 0.925. The van der Waals surface area contributed by atoms with Crippen molar-refractivity contribution in [2.75, 3.05) is 0 Å². The molecule has 2 heteroatoms. The molecule has 2 unspecified atom stereocenters. The minimum absolute atomic E-state index is 0.400. The first-order valence-corrected chi connectivity index (χ1v) is 7.91. The van der Waals surface area contributed by atoms with Gasteiger partial charge in [0, 0.05) is 6.08 Å². The highest BCUT2D eigenvalue weighted by atomic mass is 35.5. The molecule has 0 amide bonds. The standard InChI is InChI=1S/C17H29ClO/c1-5-14(3)9-7-11-16(6-2)12-8-10-15(4)13-17(18)19/h8,10,13-14,16H,5-7,9,11-12H2,1-4H3/b10-8+,15-13+. The van der Waals surface area contributed by atoms with E-state index in [-0.39, 0.29) is 0 Å². The summed E-state index contributed by atoms with van der Waals surface area (Å²) in [5.74, 6) is 1.62. The van der Waals surface area contributed by atoms with Crippen molar-refractivity contribution in [2.24, 2.45) is 11.8 Å². The largest absolute Gasteiger partial charge is 0.276 e. The number of hydrogen-bond donors (Lipinski definition) is 0. The molecule has 0 saturated carbocycles. The second-order valence-corrected chi connectivity index (χ2v) is 5.92. The third-order valence-electron chi connectivity index (χ3n) is 3.77. The van der Waals surface area contributed by atoms with Crippen LogP contribution in [0.1, 0.15) is 66.2 Å². The van der Waals surface area contributed by atoms with E-state index in [0.717, 1.165) is 23.8 Å². The van der Waals surface area contributed by atoms with E-state index in [2.05, 4.69) is 26.8 Å². The fourth-order valence-corrected chi connectivity index (χ4v) is 2.29. The molecule has 0 aromatic rings. The lowest BCUT2D eigenvalue weighted by atomic mass is 9.92. The molecule has 0 bridgehead atoms. The Labute approximate surface area is 124 Å². The number of allylic oxidation sites excluding steroid dienone is 4. The fourth-order valence-electron chi connectivity index (χ4n) is 2.12. The summed E-state index contributed by atoms with van der Waals surface area (Å²) in [5, 5.41) is -0.400. The van der Waals surface area contributed by atoms with Gasteiger partial charge in [-0.25, -0.2) is 0 Å². The molecule has 0 radical (unpaired) electrons. The van der Waals surface area contributed by atoms with Gasteiger partial charge < -0.3 is 0 Å². The number of hydrogen-bond acceptors (Lipinski definition) is 1. The van der Waals surface area contributed by atoms with E-state index in [9.17, 15) is 4.79 Å². The van der Waals surface area contributed by atoms with Gasteiger partial charge in [-0.05, 0) is 42.4 Å². The maximum atomic E-state index is 10.7. The van der Waals surface area contributed by atoms with Gasteiger partial charge >= 0.3 is 0 Å². The first-order valence-electron chi connectivity index (χ1n) is 7.53. The summed E-state index contributed by atoms with van der Waals surface area (Å²) in [6.07, 6.45) is 13.2. The van der Waals surface area contributed by atoms with E-state index in [1.165, 1.54) is 38.2 Å². The summed E-state index contributed by atoms with van der Waals surface area (Å²) in [7, 11) is 0. The maximum absolute atomic E-state index is 10.7. The summed E-state index contributed by atoms with van der Waals surface area (Å²) < 4.78 is 0. The van der Waals surface area contributed by atoms with Gasteiger partial charge in [-0.2, -0.15) is 0 Å². The predicted molar refractivity (Wildman–Crippen MR) is 85.5 cm³/mol. The summed E-state index contributed by atoms with van der Waals surface area (Å²) in [6.45, 7) is 8.75. The number of carbonyl (C=O) groups is 1. The Morgan fingerprint density at radius 3 is 2.42 bits per heavy atom. The molecule has 0 aliphatic rings. The van der Waals surface area contributed by atoms with E-state index >= 15 is 0 Å². The molecule has 0 aromatic carbocycles. The van der Waals surface area contributed by atoms with Crippen LogP contribution in [0.25, 0.3) is 0 Å². The lowest BCUT2D eigenvalue weighted by molar-refractivity contribution is -0.107. The van der Waals surface area contributed by atoms with E-state index in [0.29, 0.717) is 0 Å². The molecular formula is C17H29ClO. The van der Waals surface area contributed by atoms with E-state index < -0.39 is 5.24 Å². The molecule has 19 heavy (non-hydrogen) atoms. The number of rotatable bonds is 10. The van der Waals surface area contributed by atoms with Crippen molar-refractivity contribution in [2.45, 2.75) is 66.2 Å². The van der Waals surface area contributed by atoms with Crippen LogP contribution in [0.2, 0.25) is 0 Å². The topological polar surface area (TPSA) is 17.1 Å².